The van der Waals surface area contributed by atoms with Crippen molar-refractivity contribution in [3.05, 3.63) is 90.0 Å². The molecule has 0 bridgehead atoms. The van der Waals surface area contributed by atoms with Crippen LogP contribution in [-0.2, 0) is 16.3 Å². The second kappa shape index (κ2) is 6.86. The minimum Gasteiger partial charge on any atom is -0.0619 e. The zero-order chi connectivity index (χ0) is 17.2. The molecule has 0 radical (unpaired) electrons. The van der Waals surface area contributed by atoms with Gasteiger partial charge in [0.15, 0.2) is 14.7 Å². The lowest BCUT2D eigenvalue weighted by molar-refractivity contribution is 0.588. The van der Waals surface area contributed by atoms with E-state index in [-0.39, 0.29) is 16.3 Å². The van der Waals surface area contributed by atoms with Crippen LogP contribution in [0.1, 0.15) is 31.9 Å². The summed E-state index contributed by atoms with van der Waals surface area (Å²) >= 11 is 0. The molecule has 3 rings (SSSR count). The number of aryl methyl sites for hydroxylation is 1. The molecule has 0 saturated carbocycles. The first kappa shape index (κ1) is 16.9. The second-order valence-electron chi connectivity index (χ2n) is 7.16. The third kappa shape index (κ3) is 3.57. The lowest BCUT2D eigenvalue weighted by Crippen LogP contribution is -2.13. The first-order chi connectivity index (χ1) is 11.5. The van der Waals surface area contributed by atoms with E-state index in [1.807, 2.05) is 0 Å². The highest BCUT2D eigenvalue weighted by Crippen LogP contribution is 2.35. The summed E-state index contributed by atoms with van der Waals surface area (Å²) in [7, 11) is -0.0713. The van der Waals surface area contributed by atoms with Crippen LogP contribution in [0, 0.1) is 6.92 Å². The summed E-state index contributed by atoms with van der Waals surface area (Å²) < 4.78 is 0. The Morgan fingerprint density at radius 2 is 1.29 bits per heavy atom. The third-order valence-corrected chi connectivity index (χ3v) is 6.59. The summed E-state index contributed by atoms with van der Waals surface area (Å²) in [6.07, 6.45) is 0. The molecule has 0 aliphatic carbocycles. The molecule has 1 unspecified atom stereocenters. The van der Waals surface area contributed by atoms with Crippen LogP contribution in [0.25, 0.3) is 0 Å². The van der Waals surface area contributed by atoms with Gasteiger partial charge in [0.1, 0.15) is 0 Å². The Morgan fingerprint density at radius 1 is 0.667 bits per heavy atom. The minimum absolute atomic E-state index is 0.0713. The summed E-state index contributed by atoms with van der Waals surface area (Å²) in [5.41, 5.74) is 2.90. The van der Waals surface area contributed by atoms with Crippen LogP contribution in [0.2, 0.25) is 0 Å². The molecule has 0 aromatic heterocycles. The van der Waals surface area contributed by atoms with Crippen LogP contribution < -0.4 is 0 Å². The monoisotopic (exact) mass is 333 g/mol. The Hall–Kier alpha value is -1.99. The molecule has 122 valence electrons. The molecule has 1 heteroatoms. The first-order valence-corrected chi connectivity index (χ1v) is 9.65. The van der Waals surface area contributed by atoms with Gasteiger partial charge in [0, 0.05) is 5.56 Å². The van der Waals surface area contributed by atoms with Gasteiger partial charge >= 0.3 is 0 Å². The molecule has 0 nitrogen and oxygen atoms in total. The first-order valence-electron chi connectivity index (χ1n) is 8.42. The molecule has 3 aromatic rings. The van der Waals surface area contributed by atoms with Crippen molar-refractivity contribution in [2.24, 2.45) is 0 Å². The van der Waals surface area contributed by atoms with E-state index in [1.165, 1.54) is 25.8 Å². The van der Waals surface area contributed by atoms with Crippen molar-refractivity contribution >= 4 is 10.9 Å². The van der Waals surface area contributed by atoms with Crippen LogP contribution in [0.3, 0.4) is 0 Å². The summed E-state index contributed by atoms with van der Waals surface area (Å²) in [5, 5.41) is 0. The number of rotatable bonds is 3. The molecular formula is C23H25S+. The molecule has 0 spiro atoms. The minimum atomic E-state index is -0.0713. The lowest BCUT2D eigenvalue weighted by atomic mass is 9.87. The lowest BCUT2D eigenvalue weighted by Gasteiger charge is -2.19. The third-order valence-electron chi connectivity index (χ3n) is 4.23. The second-order valence-corrected chi connectivity index (χ2v) is 9.16. The van der Waals surface area contributed by atoms with Gasteiger partial charge in [0.05, 0.1) is 10.9 Å². The summed E-state index contributed by atoms with van der Waals surface area (Å²) in [6.45, 7) is 9.05. The van der Waals surface area contributed by atoms with Crippen molar-refractivity contribution in [3.8, 4) is 0 Å². The highest BCUT2D eigenvalue weighted by Gasteiger charge is 2.31. The summed E-state index contributed by atoms with van der Waals surface area (Å²) in [5.74, 6) is 0. The van der Waals surface area contributed by atoms with Gasteiger partial charge in [-0.25, -0.2) is 0 Å². The van der Waals surface area contributed by atoms with Crippen molar-refractivity contribution in [3.63, 3.8) is 0 Å². The molecule has 0 amide bonds. The van der Waals surface area contributed by atoms with E-state index >= 15 is 0 Å². The smallest absolute Gasteiger partial charge is 0.0619 e. The molecule has 0 N–H and O–H groups in total. The SMILES string of the molecule is Cc1ccccc1[S+](c1ccccc1)c1cccc(C(C)(C)C)c1. The van der Waals surface area contributed by atoms with Crippen LogP contribution in [0.15, 0.2) is 93.5 Å². The average Bonchev–Trinajstić information content (AvgIpc) is 2.57. The standard InChI is InChI=1S/C23H25S/c1-18-11-8-9-16-22(18)24(20-13-6-5-7-14-20)21-15-10-12-19(17-21)23(2,3)4/h5-17H,1-4H3/q+1. The topological polar surface area (TPSA) is 0 Å². The van der Waals surface area contributed by atoms with Crippen LogP contribution in [-0.4, -0.2) is 0 Å². The molecule has 0 fully saturated rings. The number of hydrogen-bond acceptors (Lipinski definition) is 0. The molecule has 0 aliphatic heterocycles. The van der Waals surface area contributed by atoms with Crippen molar-refractivity contribution in [1.29, 1.82) is 0 Å². The van der Waals surface area contributed by atoms with E-state index < -0.39 is 0 Å². The maximum Gasteiger partial charge on any atom is 0.169 e. The normalized spacial score (nSPS) is 12.8. The maximum absolute atomic E-state index is 2.39. The van der Waals surface area contributed by atoms with Gasteiger partial charge < -0.3 is 0 Å². The van der Waals surface area contributed by atoms with Crippen molar-refractivity contribution in [2.45, 2.75) is 47.8 Å². The van der Waals surface area contributed by atoms with Crippen LogP contribution >= 0.6 is 0 Å². The Labute approximate surface area is 148 Å². The number of benzene rings is 3. The Balaban J connectivity index is 2.18. The zero-order valence-corrected chi connectivity index (χ0v) is 15.7. The average molecular weight is 334 g/mol. The van der Waals surface area contributed by atoms with Crippen molar-refractivity contribution in [2.75, 3.05) is 0 Å². The van der Waals surface area contributed by atoms with E-state index in [0.29, 0.717) is 0 Å². The van der Waals surface area contributed by atoms with Gasteiger partial charge in [-0.1, -0.05) is 69.3 Å². The predicted molar refractivity (Wildman–Crippen MR) is 105 cm³/mol. The van der Waals surface area contributed by atoms with Gasteiger partial charge in [-0.3, -0.25) is 0 Å². The van der Waals surface area contributed by atoms with E-state index in [9.17, 15) is 0 Å². The molecule has 0 heterocycles. The molecule has 1 atom stereocenters. The fraction of sp³-hybridized carbons (Fsp3) is 0.217. The van der Waals surface area contributed by atoms with Gasteiger partial charge in [0.25, 0.3) is 0 Å². The Kier molecular flexibility index (Phi) is 4.82. The quantitative estimate of drug-likeness (QED) is 0.487. The molecule has 0 aliphatic rings. The van der Waals surface area contributed by atoms with Crippen LogP contribution in [0.4, 0.5) is 0 Å². The van der Waals surface area contributed by atoms with Gasteiger partial charge in [0.2, 0.25) is 0 Å². The fourth-order valence-corrected chi connectivity index (χ4v) is 5.10. The van der Waals surface area contributed by atoms with Crippen molar-refractivity contribution < 1.29 is 0 Å². The van der Waals surface area contributed by atoms with E-state index in [2.05, 4.69) is 107 Å². The maximum atomic E-state index is 2.39. The van der Waals surface area contributed by atoms with E-state index in [4.69, 9.17) is 0 Å². The molecule has 0 saturated heterocycles. The van der Waals surface area contributed by atoms with Gasteiger partial charge in [-0.05, 0) is 48.2 Å². The molecule has 3 aromatic carbocycles. The molecule has 24 heavy (non-hydrogen) atoms. The van der Waals surface area contributed by atoms with Gasteiger partial charge in [-0.2, -0.15) is 0 Å². The highest BCUT2D eigenvalue weighted by molar-refractivity contribution is 7.97. The van der Waals surface area contributed by atoms with Gasteiger partial charge in [-0.15, -0.1) is 0 Å². The summed E-state index contributed by atoms with van der Waals surface area (Å²) in [4.78, 5) is 4.18. The molecular weight excluding hydrogens is 308 g/mol. The summed E-state index contributed by atoms with van der Waals surface area (Å²) in [6, 6.07) is 28.7. The highest BCUT2D eigenvalue weighted by atomic mass is 32.2. The predicted octanol–water partition coefficient (Wildman–Crippen LogP) is 6.39. The Bertz CT molecular complexity index is 813. The zero-order valence-electron chi connectivity index (χ0n) is 14.9. The Morgan fingerprint density at radius 3 is 1.96 bits per heavy atom. The van der Waals surface area contributed by atoms with E-state index in [1.54, 1.807) is 0 Å². The van der Waals surface area contributed by atoms with E-state index in [0.717, 1.165) is 0 Å². The van der Waals surface area contributed by atoms with Crippen LogP contribution in [0.5, 0.6) is 0 Å². The largest absolute Gasteiger partial charge is 0.169 e. The van der Waals surface area contributed by atoms with Crippen molar-refractivity contribution in [1.82, 2.24) is 0 Å². The number of hydrogen-bond donors (Lipinski definition) is 0. The fourth-order valence-electron chi connectivity index (χ4n) is 2.82.